The van der Waals surface area contributed by atoms with E-state index in [0.29, 0.717) is 6.04 Å². The van der Waals surface area contributed by atoms with E-state index in [1.54, 1.807) is 0 Å². The van der Waals surface area contributed by atoms with Gasteiger partial charge in [-0.1, -0.05) is 26.7 Å². The quantitative estimate of drug-likeness (QED) is 0.820. The number of nitrogens with zero attached hydrogens (tertiary/aromatic N) is 1. The van der Waals surface area contributed by atoms with Gasteiger partial charge in [0.15, 0.2) is 0 Å². The first-order valence-corrected chi connectivity index (χ1v) is 6.36. The smallest absolute Gasteiger partial charge is 0.126 e. The number of anilines is 1. The summed E-state index contributed by atoms with van der Waals surface area (Å²) in [5, 5.41) is 3.59. The topological polar surface area (TPSA) is 24.9 Å². The molecule has 1 N–H and O–H groups in total. The molecule has 1 aliphatic carbocycles. The molecule has 0 aromatic carbocycles. The van der Waals surface area contributed by atoms with Gasteiger partial charge in [-0.25, -0.2) is 4.98 Å². The molecular weight excluding hydrogens is 196 g/mol. The number of rotatable bonds is 2. The Morgan fingerprint density at radius 1 is 1.31 bits per heavy atom. The van der Waals surface area contributed by atoms with Crippen molar-refractivity contribution in [3.05, 3.63) is 23.9 Å². The van der Waals surface area contributed by atoms with Gasteiger partial charge in [-0.05, 0) is 42.9 Å². The van der Waals surface area contributed by atoms with E-state index in [-0.39, 0.29) is 0 Å². The Morgan fingerprint density at radius 2 is 2.12 bits per heavy atom. The van der Waals surface area contributed by atoms with Gasteiger partial charge in [0.25, 0.3) is 0 Å². The number of pyridine rings is 1. The van der Waals surface area contributed by atoms with Crippen molar-refractivity contribution in [1.29, 1.82) is 0 Å². The molecule has 0 aliphatic heterocycles. The van der Waals surface area contributed by atoms with Crippen LogP contribution in [0.25, 0.3) is 0 Å². The summed E-state index contributed by atoms with van der Waals surface area (Å²) in [6.45, 7) is 6.83. The summed E-state index contributed by atoms with van der Waals surface area (Å²) >= 11 is 0. The lowest BCUT2D eigenvalue weighted by atomic mass is 9.78. The molecule has 0 radical (unpaired) electrons. The minimum atomic E-state index is 0.595. The van der Waals surface area contributed by atoms with Crippen molar-refractivity contribution in [3.63, 3.8) is 0 Å². The van der Waals surface area contributed by atoms with Crippen LogP contribution in [-0.4, -0.2) is 11.0 Å². The van der Waals surface area contributed by atoms with Crippen molar-refractivity contribution in [1.82, 2.24) is 4.98 Å². The fraction of sp³-hybridized carbons (Fsp3) is 0.643. The monoisotopic (exact) mass is 218 g/mol. The average Bonchev–Trinajstić information content (AvgIpc) is 2.25. The van der Waals surface area contributed by atoms with Crippen molar-refractivity contribution in [3.8, 4) is 0 Å². The highest BCUT2D eigenvalue weighted by Crippen LogP contribution is 2.31. The second kappa shape index (κ2) is 4.86. The summed E-state index contributed by atoms with van der Waals surface area (Å²) in [6.07, 6.45) is 5.88. The Kier molecular flexibility index (Phi) is 3.47. The molecule has 2 rings (SSSR count). The van der Waals surface area contributed by atoms with E-state index in [4.69, 9.17) is 0 Å². The highest BCUT2D eigenvalue weighted by Gasteiger charge is 2.26. The van der Waals surface area contributed by atoms with E-state index in [9.17, 15) is 0 Å². The summed E-state index contributed by atoms with van der Waals surface area (Å²) in [5.41, 5.74) is 1.27. The van der Waals surface area contributed by atoms with Gasteiger partial charge in [0.1, 0.15) is 5.82 Å². The Labute approximate surface area is 98.5 Å². The van der Waals surface area contributed by atoms with Gasteiger partial charge in [-0.2, -0.15) is 0 Å². The van der Waals surface area contributed by atoms with Crippen molar-refractivity contribution < 1.29 is 0 Å². The lowest BCUT2D eigenvalue weighted by Crippen LogP contribution is -2.35. The van der Waals surface area contributed by atoms with Crippen LogP contribution >= 0.6 is 0 Å². The Bertz CT molecular complexity index is 348. The van der Waals surface area contributed by atoms with E-state index in [2.05, 4.69) is 37.1 Å². The van der Waals surface area contributed by atoms with Crippen LogP contribution in [0.5, 0.6) is 0 Å². The third kappa shape index (κ3) is 2.55. The fourth-order valence-electron chi connectivity index (χ4n) is 2.59. The molecule has 0 amide bonds. The predicted molar refractivity (Wildman–Crippen MR) is 68.6 cm³/mol. The molecule has 1 heterocycles. The van der Waals surface area contributed by atoms with Gasteiger partial charge < -0.3 is 5.32 Å². The molecular formula is C14H22N2. The first kappa shape index (κ1) is 11.4. The van der Waals surface area contributed by atoms with Crippen LogP contribution in [0.1, 0.15) is 38.7 Å². The van der Waals surface area contributed by atoms with E-state index < -0.39 is 0 Å². The number of aryl methyl sites for hydroxylation is 1. The van der Waals surface area contributed by atoms with Gasteiger partial charge in [-0.3, -0.25) is 0 Å². The molecule has 16 heavy (non-hydrogen) atoms. The molecule has 1 aromatic rings. The Morgan fingerprint density at radius 3 is 2.88 bits per heavy atom. The predicted octanol–water partition coefficient (Wildman–Crippen LogP) is 3.63. The molecule has 0 saturated heterocycles. The van der Waals surface area contributed by atoms with Crippen molar-refractivity contribution in [2.75, 3.05) is 5.32 Å². The van der Waals surface area contributed by atoms with Crippen LogP contribution in [0.2, 0.25) is 0 Å². The summed E-state index contributed by atoms with van der Waals surface area (Å²) in [7, 11) is 0. The molecule has 3 atom stereocenters. The van der Waals surface area contributed by atoms with Crippen molar-refractivity contribution >= 4 is 5.82 Å². The highest BCUT2D eigenvalue weighted by atomic mass is 15.0. The number of aromatic nitrogens is 1. The Balaban J connectivity index is 2.03. The lowest BCUT2D eigenvalue weighted by Gasteiger charge is -2.34. The van der Waals surface area contributed by atoms with E-state index in [1.165, 1.54) is 24.8 Å². The highest BCUT2D eigenvalue weighted by molar-refractivity contribution is 5.38. The third-order valence-corrected chi connectivity index (χ3v) is 3.96. The maximum Gasteiger partial charge on any atom is 0.126 e. The van der Waals surface area contributed by atoms with Crippen molar-refractivity contribution in [2.24, 2.45) is 11.8 Å². The van der Waals surface area contributed by atoms with Gasteiger partial charge in [0.05, 0.1) is 0 Å². The van der Waals surface area contributed by atoms with Crippen molar-refractivity contribution in [2.45, 2.75) is 46.1 Å². The summed E-state index contributed by atoms with van der Waals surface area (Å²) in [6, 6.07) is 4.77. The SMILES string of the molecule is Cc1ccnc(NC2CCCC(C)C2C)c1. The van der Waals surface area contributed by atoms with E-state index in [0.717, 1.165) is 17.7 Å². The molecule has 0 bridgehead atoms. The first-order valence-electron chi connectivity index (χ1n) is 6.36. The van der Waals surface area contributed by atoms with E-state index in [1.807, 2.05) is 12.3 Å². The fourth-order valence-corrected chi connectivity index (χ4v) is 2.59. The molecule has 0 spiro atoms. The standard InChI is InChI=1S/C14H22N2/c1-10-7-8-15-14(9-10)16-13-6-4-5-11(2)12(13)3/h7-9,11-13H,4-6H2,1-3H3,(H,15,16). The van der Waals surface area contributed by atoms with Crippen LogP contribution in [0.3, 0.4) is 0 Å². The zero-order valence-corrected chi connectivity index (χ0v) is 10.5. The zero-order chi connectivity index (χ0) is 11.5. The van der Waals surface area contributed by atoms with Gasteiger partial charge in [0, 0.05) is 12.2 Å². The third-order valence-electron chi connectivity index (χ3n) is 3.96. The maximum atomic E-state index is 4.38. The summed E-state index contributed by atoms with van der Waals surface area (Å²) in [5.74, 6) is 2.61. The molecule has 1 aromatic heterocycles. The second-order valence-electron chi connectivity index (χ2n) is 5.24. The largest absolute Gasteiger partial charge is 0.367 e. The summed E-state index contributed by atoms with van der Waals surface area (Å²) < 4.78 is 0. The van der Waals surface area contributed by atoms with Crippen LogP contribution in [0.15, 0.2) is 18.3 Å². The number of nitrogens with one attached hydrogen (secondary N) is 1. The maximum absolute atomic E-state index is 4.38. The van der Waals surface area contributed by atoms with Gasteiger partial charge in [0.2, 0.25) is 0 Å². The normalized spacial score (nSPS) is 30.1. The molecule has 3 unspecified atom stereocenters. The zero-order valence-electron chi connectivity index (χ0n) is 10.5. The lowest BCUT2D eigenvalue weighted by molar-refractivity contribution is 0.253. The van der Waals surface area contributed by atoms with Crippen LogP contribution in [0, 0.1) is 18.8 Å². The van der Waals surface area contributed by atoms with Crippen LogP contribution in [-0.2, 0) is 0 Å². The number of hydrogen-bond acceptors (Lipinski definition) is 2. The first-order chi connectivity index (χ1) is 7.66. The van der Waals surface area contributed by atoms with E-state index >= 15 is 0 Å². The molecule has 1 saturated carbocycles. The Hall–Kier alpha value is -1.05. The second-order valence-corrected chi connectivity index (χ2v) is 5.24. The molecule has 88 valence electrons. The van der Waals surface area contributed by atoms with Crippen LogP contribution in [0.4, 0.5) is 5.82 Å². The van der Waals surface area contributed by atoms with Gasteiger partial charge >= 0.3 is 0 Å². The minimum absolute atomic E-state index is 0.595. The van der Waals surface area contributed by atoms with Gasteiger partial charge in [-0.15, -0.1) is 0 Å². The molecule has 1 aliphatic rings. The summed E-state index contributed by atoms with van der Waals surface area (Å²) in [4.78, 5) is 4.38. The molecule has 1 fully saturated rings. The molecule has 2 heteroatoms. The minimum Gasteiger partial charge on any atom is -0.367 e. The average molecular weight is 218 g/mol. The van der Waals surface area contributed by atoms with Crippen LogP contribution < -0.4 is 5.32 Å². The molecule has 2 nitrogen and oxygen atoms in total. The number of hydrogen-bond donors (Lipinski definition) is 1.